The van der Waals surface area contributed by atoms with Crippen molar-refractivity contribution in [3.05, 3.63) is 0 Å². The van der Waals surface area contributed by atoms with Gasteiger partial charge >= 0.3 is 5.97 Å². The lowest BCUT2D eigenvalue weighted by Crippen LogP contribution is -2.35. The zero-order valence-corrected chi connectivity index (χ0v) is 10.3. The Morgan fingerprint density at radius 1 is 1.53 bits per heavy atom. The van der Waals surface area contributed by atoms with Gasteiger partial charge in [-0.15, -0.1) is 0 Å². The first-order chi connectivity index (χ1) is 7.04. The molecule has 0 spiro atoms. The SMILES string of the molecule is CCOC(=O)C(C)CN1CC(C)CC1C. The molecule has 15 heavy (non-hydrogen) atoms. The van der Waals surface area contributed by atoms with Gasteiger partial charge in [0, 0.05) is 19.1 Å². The number of hydrogen-bond donors (Lipinski definition) is 0. The Morgan fingerprint density at radius 2 is 2.20 bits per heavy atom. The van der Waals surface area contributed by atoms with Gasteiger partial charge in [-0.3, -0.25) is 9.69 Å². The van der Waals surface area contributed by atoms with E-state index in [1.54, 1.807) is 0 Å². The van der Waals surface area contributed by atoms with Gasteiger partial charge in [0.2, 0.25) is 0 Å². The Morgan fingerprint density at radius 3 is 2.67 bits per heavy atom. The average Bonchev–Trinajstić information content (AvgIpc) is 2.45. The van der Waals surface area contributed by atoms with Gasteiger partial charge in [0.05, 0.1) is 12.5 Å². The summed E-state index contributed by atoms with van der Waals surface area (Å²) in [6.45, 7) is 10.7. The standard InChI is InChI=1S/C12H23NO2/c1-5-15-12(14)10(3)8-13-7-9(2)6-11(13)4/h9-11H,5-8H2,1-4H3. The fourth-order valence-corrected chi connectivity index (χ4v) is 2.35. The van der Waals surface area contributed by atoms with Crippen LogP contribution in [0.2, 0.25) is 0 Å². The summed E-state index contributed by atoms with van der Waals surface area (Å²) in [5.41, 5.74) is 0. The average molecular weight is 213 g/mol. The fourth-order valence-electron chi connectivity index (χ4n) is 2.35. The summed E-state index contributed by atoms with van der Waals surface area (Å²) in [5.74, 6) is 0.691. The van der Waals surface area contributed by atoms with E-state index < -0.39 is 0 Å². The predicted molar refractivity (Wildman–Crippen MR) is 60.6 cm³/mol. The minimum Gasteiger partial charge on any atom is -0.466 e. The first kappa shape index (κ1) is 12.5. The summed E-state index contributed by atoms with van der Waals surface area (Å²) in [4.78, 5) is 13.9. The molecule has 0 aromatic heterocycles. The predicted octanol–water partition coefficient (Wildman–Crippen LogP) is 1.92. The highest BCUT2D eigenvalue weighted by molar-refractivity contribution is 5.72. The van der Waals surface area contributed by atoms with E-state index in [0.717, 1.165) is 19.0 Å². The smallest absolute Gasteiger partial charge is 0.309 e. The highest BCUT2D eigenvalue weighted by Crippen LogP contribution is 2.23. The van der Waals surface area contributed by atoms with Crippen molar-refractivity contribution in [2.75, 3.05) is 19.7 Å². The summed E-state index contributed by atoms with van der Waals surface area (Å²) >= 11 is 0. The molecule has 0 aromatic rings. The molecule has 1 aliphatic rings. The van der Waals surface area contributed by atoms with Crippen molar-refractivity contribution < 1.29 is 9.53 Å². The molecule has 3 unspecified atom stereocenters. The molecule has 1 rings (SSSR count). The van der Waals surface area contributed by atoms with Crippen LogP contribution in [0.1, 0.15) is 34.1 Å². The lowest BCUT2D eigenvalue weighted by atomic mass is 10.1. The second kappa shape index (κ2) is 5.50. The molecule has 0 saturated carbocycles. The van der Waals surface area contributed by atoms with Crippen LogP contribution in [0.4, 0.5) is 0 Å². The van der Waals surface area contributed by atoms with Crippen molar-refractivity contribution in [3.63, 3.8) is 0 Å². The van der Waals surface area contributed by atoms with E-state index in [9.17, 15) is 4.79 Å². The minimum atomic E-state index is -0.0655. The lowest BCUT2D eigenvalue weighted by Gasteiger charge is -2.23. The zero-order chi connectivity index (χ0) is 11.4. The molecule has 1 heterocycles. The van der Waals surface area contributed by atoms with Crippen LogP contribution >= 0.6 is 0 Å². The number of carbonyl (C=O) groups excluding carboxylic acids is 1. The summed E-state index contributed by atoms with van der Waals surface area (Å²) < 4.78 is 5.01. The summed E-state index contributed by atoms with van der Waals surface area (Å²) in [7, 11) is 0. The molecule has 0 bridgehead atoms. The molecular weight excluding hydrogens is 190 g/mol. The summed E-state index contributed by atoms with van der Waals surface area (Å²) in [6, 6.07) is 0.608. The van der Waals surface area contributed by atoms with Crippen molar-refractivity contribution in [2.45, 2.75) is 40.2 Å². The van der Waals surface area contributed by atoms with Gasteiger partial charge in [0.25, 0.3) is 0 Å². The van der Waals surface area contributed by atoms with Crippen molar-refractivity contribution in [1.29, 1.82) is 0 Å². The van der Waals surface area contributed by atoms with E-state index in [1.807, 2.05) is 13.8 Å². The van der Waals surface area contributed by atoms with Gasteiger partial charge < -0.3 is 4.74 Å². The second-order valence-corrected chi connectivity index (χ2v) is 4.80. The Labute approximate surface area is 92.8 Å². The first-order valence-corrected chi connectivity index (χ1v) is 5.95. The third-order valence-electron chi connectivity index (χ3n) is 3.11. The molecule has 1 saturated heterocycles. The summed E-state index contributed by atoms with van der Waals surface area (Å²) in [6.07, 6.45) is 1.25. The maximum absolute atomic E-state index is 11.5. The molecular formula is C12H23NO2. The number of hydrogen-bond acceptors (Lipinski definition) is 3. The Bertz CT molecular complexity index is 218. The van der Waals surface area contributed by atoms with Gasteiger partial charge in [-0.05, 0) is 26.2 Å². The van der Waals surface area contributed by atoms with Crippen molar-refractivity contribution >= 4 is 5.97 Å². The normalized spacial score (nSPS) is 29.1. The van der Waals surface area contributed by atoms with Crippen LogP contribution in [0.15, 0.2) is 0 Å². The second-order valence-electron chi connectivity index (χ2n) is 4.80. The van der Waals surface area contributed by atoms with Crippen LogP contribution < -0.4 is 0 Å². The molecule has 1 fully saturated rings. The van der Waals surface area contributed by atoms with E-state index in [1.165, 1.54) is 6.42 Å². The first-order valence-electron chi connectivity index (χ1n) is 5.95. The third kappa shape index (κ3) is 3.49. The molecule has 0 N–H and O–H groups in total. The van der Waals surface area contributed by atoms with E-state index in [-0.39, 0.29) is 11.9 Å². The Kier molecular flexibility index (Phi) is 4.58. The number of esters is 1. The van der Waals surface area contributed by atoms with Gasteiger partial charge in [-0.1, -0.05) is 13.8 Å². The molecule has 88 valence electrons. The number of carbonyl (C=O) groups is 1. The van der Waals surface area contributed by atoms with Crippen LogP contribution in [-0.2, 0) is 9.53 Å². The number of nitrogens with zero attached hydrogens (tertiary/aromatic N) is 1. The number of ether oxygens (including phenoxy) is 1. The van der Waals surface area contributed by atoms with Gasteiger partial charge in [0.15, 0.2) is 0 Å². The molecule has 3 nitrogen and oxygen atoms in total. The van der Waals surface area contributed by atoms with E-state index >= 15 is 0 Å². The van der Waals surface area contributed by atoms with Crippen LogP contribution in [-0.4, -0.2) is 36.6 Å². The maximum atomic E-state index is 11.5. The number of rotatable bonds is 4. The van der Waals surface area contributed by atoms with Crippen LogP contribution in [0.5, 0.6) is 0 Å². The molecule has 3 heteroatoms. The topological polar surface area (TPSA) is 29.5 Å². The van der Waals surface area contributed by atoms with Gasteiger partial charge in [-0.2, -0.15) is 0 Å². The Balaban J connectivity index is 2.37. The quantitative estimate of drug-likeness (QED) is 0.668. The Hall–Kier alpha value is -0.570. The monoisotopic (exact) mass is 213 g/mol. The molecule has 0 aromatic carbocycles. The zero-order valence-electron chi connectivity index (χ0n) is 10.3. The number of likely N-dealkylation sites (tertiary alicyclic amines) is 1. The van der Waals surface area contributed by atoms with Gasteiger partial charge in [0.1, 0.15) is 0 Å². The molecule has 0 aliphatic carbocycles. The minimum absolute atomic E-state index is 0.00213. The van der Waals surface area contributed by atoms with Crippen LogP contribution in [0.3, 0.4) is 0 Å². The van der Waals surface area contributed by atoms with Crippen molar-refractivity contribution in [3.8, 4) is 0 Å². The van der Waals surface area contributed by atoms with E-state index in [2.05, 4.69) is 18.7 Å². The van der Waals surface area contributed by atoms with E-state index in [4.69, 9.17) is 4.74 Å². The molecule has 0 radical (unpaired) electrons. The van der Waals surface area contributed by atoms with Crippen LogP contribution in [0.25, 0.3) is 0 Å². The molecule has 3 atom stereocenters. The van der Waals surface area contributed by atoms with Gasteiger partial charge in [-0.25, -0.2) is 0 Å². The molecule has 0 amide bonds. The summed E-state index contributed by atoms with van der Waals surface area (Å²) in [5, 5.41) is 0. The van der Waals surface area contributed by atoms with Crippen LogP contribution in [0, 0.1) is 11.8 Å². The van der Waals surface area contributed by atoms with Crippen molar-refractivity contribution in [1.82, 2.24) is 4.90 Å². The highest BCUT2D eigenvalue weighted by Gasteiger charge is 2.28. The maximum Gasteiger partial charge on any atom is 0.309 e. The molecule has 1 aliphatic heterocycles. The largest absolute Gasteiger partial charge is 0.466 e. The highest BCUT2D eigenvalue weighted by atomic mass is 16.5. The van der Waals surface area contributed by atoms with E-state index in [0.29, 0.717) is 12.6 Å². The fraction of sp³-hybridized carbons (Fsp3) is 0.917. The lowest BCUT2D eigenvalue weighted by molar-refractivity contribution is -0.148. The third-order valence-corrected chi connectivity index (χ3v) is 3.11. The van der Waals surface area contributed by atoms with Crippen molar-refractivity contribution in [2.24, 2.45) is 11.8 Å².